The van der Waals surface area contributed by atoms with Crippen molar-refractivity contribution in [1.82, 2.24) is 0 Å². The van der Waals surface area contributed by atoms with E-state index in [1.807, 2.05) is 0 Å². The lowest BCUT2D eigenvalue weighted by Crippen LogP contribution is -2.29. The number of nitrogens with one attached hydrogen (secondary N) is 1. The van der Waals surface area contributed by atoms with E-state index >= 15 is 0 Å². The SMILES string of the molecule is CC(C)c1ccc2c(c1)[C@@H]1C=CC[C@@H]1[C@H](c1cc([N+](=O)[O-])ccc1Cl)N2. The molecule has 4 nitrogen and oxygen atoms in total. The second kappa shape index (κ2) is 6.44. The van der Waals surface area contributed by atoms with E-state index in [1.54, 1.807) is 12.1 Å². The van der Waals surface area contributed by atoms with Gasteiger partial charge in [-0.3, -0.25) is 10.1 Å². The highest BCUT2D eigenvalue weighted by Crippen LogP contribution is 2.51. The van der Waals surface area contributed by atoms with Gasteiger partial charge in [0.2, 0.25) is 0 Å². The molecule has 1 heterocycles. The number of hydrogen-bond donors (Lipinski definition) is 1. The molecule has 0 saturated carbocycles. The smallest absolute Gasteiger partial charge is 0.269 e. The number of nitro benzene ring substituents is 1. The first-order valence-electron chi connectivity index (χ1n) is 8.96. The topological polar surface area (TPSA) is 55.2 Å². The molecule has 2 aliphatic rings. The van der Waals surface area contributed by atoms with Crippen LogP contribution in [0.4, 0.5) is 11.4 Å². The molecule has 0 bridgehead atoms. The van der Waals surface area contributed by atoms with E-state index in [1.165, 1.54) is 17.2 Å². The monoisotopic (exact) mass is 368 g/mol. The van der Waals surface area contributed by atoms with Gasteiger partial charge in [-0.05, 0) is 41.5 Å². The number of nitro groups is 1. The fourth-order valence-corrected chi connectivity index (χ4v) is 4.40. The van der Waals surface area contributed by atoms with E-state index in [2.05, 4.69) is 49.5 Å². The number of anilines is 1. The van der Waals surface area contributed by atoms with Gasteiger partial charge in [0.25, 0.3) is 5.69 Å². The van der Waals surface area contributed by atoms with Crippen LogP contribution in [0.2, 0.25) is 5.02 Å². The largest absolute Gasteiger partial charge is 0.378 e. The third-order valence-electron chi connectivity index (χ3n) is 5.58. The maximum Gasteiger partial charge on any atom is 0.269 e. The summed E-state index contributed by atoms with van der Waals surface area (Å²) in [6, 6.07) is 11.2. The molecule has 1 aliphatic heterocycles. The second-order valence-electron chi connectivity index (χ2n) is 7.44. The van der Waals surface area contributed by atoms with E-state index in [-0.39, 0.29) is 16.7 Å². The molecule has 1 N–H and O–H groups in total. The lowest BCUT2D eigenvalue weighted by atomic mass is 9.76. The van der Waals surface area contributed by atoms with Gasteiger partial charge in [-0.25, -0.2) is 0 Å². The molecular weight excluding hydrogens is 348 g/mol. The van der Waals surface area contributed by atoms with Crippen molar-refractivity contribution in [1.29, 1.82) is 0 Å². The molecule has 5 heteroatoms. The van der Waals surface area contributed by atoms with E-state index in [4.69, 9.17) is 11.6 Å². The zero-order chi connectivity index (χ0) is 18.4. The molecule has 1 aliphatic carbocycles. The Balaban J connectivity index is 1.79. The molecule has 2 aromatic carbocycles. The Morgan fingerprint density at radius 1 is 1.19 bits per heavy atom. The van der Waals surface area contributed by atoms with Gasteiger partial charge in [0, 0.05) is 34.3 Å². The Labute approximate surface area is 158 Å². The predicted molar refractivity (Wildman–Crippen MR) is 105 cm³/mol. The van der Waals surface area contributed by atoms with Gasteiger partial charge in [-0.2, -0.15) is 0 Å². The summed E-state index contributed by atoms with van der Waals surface area (Å²) in [4.78, 5) is 10.8. The minimum absolute atomic E-state index is 0.0419. The van der Waals surface area contributed by atoms with Crippen molar-refractivity contribution in [3.8, 4) is 0 Å². The summed E-state index contributed by atoms with van der Waals surface area (Å²) in [6.07, 6.45) is 5.42. The number of allylic oxidation sites excluding steroid dienone is 2. The minimum atomic E-state index is -0.365. The van der Waals surface area contributed by atoms with Gasteiger partial charge >= 0.3 is 0 Å². The first-order chi connectivity index (χ1) is 12.5. The van der Waals surface area contributed by atoms with Crippen molar-refractivity contribution in [3.05, 3.63) is 80.4 Å². The van der Waals surface area contributed by atoms with Crippen LogP contribution in [0.25, 0.3) is 0 Å². The Bertz CT molecular complexity index is 907. The number of non-ortho nitro benzene ring substituents is 1. The molecule has 0 amide bonds. The molecule has 4 rings (SSSR count). The zero-order valence-electron chi connectivity index (χ0n) is 14.8. The van der Waals surface area contributed by atoms with Crippen molar-refractivity contribution in [2.75, 3.05) is 5.32 Å². The number of hydrogen-bond acceptors (Lipinski definition) is 3. The fraction of sp³-hybridized carbons (Fsp3) is 0.333. The van der Waals surface area contributed by atoms with Crippen molar-refractivity contribution in [2.24, 2.45) is 5.92 Å². The number of rotatable bonds is 3. The quantitative estimate of drug-likeness (QED) is 0.398. The molecule has 3 atom stereocenters. The average molecular weight is 369 g/mol. The third-order valence-corrected chi connectivity index (χ3v) is 5.92. The molecule has 0 radical (unpaired) electrons. The molecule has 26 heavy (non-hydrogen) atoms. The Hall–Kier alpha value is -2.33. The van der Waals surface area contributed by atoms with Gasteiger partial charge in [-0.1, -0.05) is 49.7 Å². The van der Waals surface area contributed by atoms with Crippen LogP contribution in [0.3, 0.4) is 0 Å². The molecule has 0 saturated heterocycles. The van der Waals surface area contributed by atoms with Crippen molar-refractivity contribution in [2.45, 2.75) is 38.1 Å². The van der Waals surface area contributed by atoms with Crippen molar-refractivity contribution >= 4 is 23.0 Å². The molecular formula is C21H21ClN2O2. The molecule has 134 valence electrons. The van der Waals surface area contributed by atoms with Gasteiger partial charge in [0.05, 0.1) is 11.0 Å². The predicted octanol–water partition coefficient (Wildman–Crippen LogP) is 6.20. The average Bonchev–Trinajstić information content (AvgIpc) is 3.11. The lowest BCUT2D eigenvalue weighted by Gasteiger charge is -2.38. The summed E-state index contributed by atoms with van der Waals surface area (Å²) >= 11 is 6.44. The number of nitrogens with zero attached hydrogens (tertiary/aromatic N) is 1. The third kappa shape index (κ3) is 2.78. The molecule has 2 aromatic rings. The Kier molecular flexibility index (Phi) is 4.23. The second-order valence-corrected chi connectivity index (χ2v) is 7.85. The number of benzene rings is 2. The van der Waals surface area contributed by atoms with Crippen LogP contribution in [0.5, 0.6) is 0 Å². The van der Waals surface area contributed by atoms with Crippen molar-refractivity contribution < 1.29 is 4.92 Å². The number of fused-ring (bicyclic) bond motifs is 3. The summed E-state index contributed by atoms with van der Waals surface area (Å²) < 4.78 is 0. The molecule has 0 spiro atoms. The fourth-order valence-electron chi connectivity index (χ4n) is 4.16. The van der Waals surface area contributed by atoms with Crippen LogP contribution in [-0.4, -0.2) is 4.92 Å². The summed E-state index contributed by atoms with van der Waals surface area (Å²) in [5.74, 6) is 1.10. The summed E-state index contributed by atoms with van der Waals surface area (Å²) in [7, 11) is 0. The highest BCUT2D eigenvalue weighted by Gasteiger charge is 2.39. The van der Waals surface area contributed by atoms with Crippen LogP contribution in [0.15, 0.2) is 48.6 Å². The Morgan fingerprint density at radius 3 is 2.73 bits per heavy atom. The standard InChI is InChI=1S/C21H21ClN2O2/c1-12(2)13-6-9-20-17(10-13)15-4-3-5-16(15)21(23-20)18-11-14(24(25)26)7-8-19(18)22/h3-4,6-12,15-16,21,23H,5H2,1-2H3/t15-,16+,21-/m1/s1. The van der Waals surface area contributed by atoms with Gasteiger partial charge in [0.1, 0.15) is 0 Å². The normalized spacial score (nSPS) is 23.5. The van der Waals surface area contributed by atoms with E-state index in [9.17, 15) is 10.1 Å². The molecule has 0 fully saturated rings. The summed E-state index contributed by atoms with van der Waals surface area (Å²) in [6.45, 7) is 4.40. The van der Waals surface area contributed by atoms with Crippen LogP contribution in [0.1, 0.15) is 54.8 Å². The van der Waals surface area contributed by atoms with Crippen LogP contribution < -0.4 is 5.32 Å². The Morgan fingerprint density at radius 2 is 2.00 bits per heavy atom. The number of halogens is 1. The lowest BCUT2D eigenvalue weighted by molar-refractivity contribution is -0.384. The van der Waals surface area contributed by atoms with Gasteiger partial charge < -0.3 is 5.32 Å². The zero-order valence-corrected chi connectivity index (χ0v) is 15.5. The van der Waals surface area contributed by atoms with E-state index in [0.29, 0.717) is 22.8 Å². The van der Waals surface area contributed by atoms with E-state index < -0.39 is 0 Å². The minimum Gasteiger partial charge on any atom is -0.378 e. The summed E-state index contributed by atoms with van der Waals surface area (Å²) in [5.41, 5.74) is 4.62. The maximum atomic E-state index is 11.2. The van der Waals surface area contributed by atoms with Crippen LogP contribution in [-0.2, 0) is 0 Å². The molecule has 0 aromatic heterocycles. The molecule has 0 unspecified atom stereocenters. The summed E-state index contributed by atoms with van der Waals surface area (Å²) in [5, 5.41) is 15.4. The highest BCUT2D eigenvalue weighted by molar-refractivity contribution is 6.31. The highest BCUT2D eigenvalue weighted by atomic mass is 35.5. The van der Waals surface area contributed by atoms with Gasteiger partial charge in [-0.15, -0.1) is 0 Å². The van der Waals surface area contributed by atoms with Gasteiger partial charge in [0.15, 0.2) is 0 Å². The van der Waals surface area contributed by atoms with Crippen LogP contribution in [0, 0.1) is 16.0 Å². The first kappa shape index (κ1) is 17.1. The van der Waals surface area contributed by atoms with Crippen LogP contribution >= 0.6 is 11.6 Å². The van der Waals surface area contributed by atoms with Crippen molar-refractivity contribution in [3.63, 3.8) is 0 Å². The maximum absolute atomic E-state index is 11.2. The first-order valence-corrected chi connectivity index (χ1v) is 9.34. The van der Waals surface area contributed by atoms with E-state index in [0.717, 1.165) is 17.7 Å².